The van der Waals surface area contributed by atoms with Crippen LogP contribution in [0.25, 0.3) is 0 Å². The number of anilines is 1. The second-order valence-corrected chi connectivity index (χ2v) is 10.9. The first-order chi connectivity index (χ1) is 18.1. The molecule has 0 saturated heterocycles. The summed E-state index contributed by atoms with van der Waals surface area (Å²) in [4.78, 5) is 28.2. The van der Waals surface area contributed by atoms with Gasteiger partial charge in [-0.3, -0.25) is 13.9 Å². The predicted molar refractivity (Wildman–Crippen MR) is 149 cm³/mol. The van der Waals surface area contributed by atoms with Crippen LogP contribution >= 0.6 is 0 Å². The third-order valence-corrected chi connectivity index (χ3v) is 8.11. The molecule has 0 bridgehead atoms. The fourth-order valence-electron chi connectivity index (χ4n) is 4.10. The molecule has 2 amide bonds. The SMILES string of the molecule is CCNC(=O)[C@@H](C)N(Cc1ccccc1C)C(=O)CN(c1cc(C)ccc1OC)S(=O)(=O)c1ccccc1. The highest BCUT2D eigenvalue weighted by Gasteiger charge is 2.33. The van der Waals surface area contributed by atoms with Crippen LogP contribution in [-0.4, -0.2) is 51.4 Å². The van der Waals surface area contributed by atoms with Crippen LogP contribution in [0.15, 0.2) is 77.7 Å². The number of nitrogens with one attached hydrogen (secondary N) is 1. The first-order valence-electron chi connectivity index (χ1n) is 12.4. The van der Waals surface area contributed by atoms with Crippen molar-refractivity contribution in [3.05, 3.63) is 89.5 Å². The molecule has 3 aromatic carbocycles. The summed E-state index contributed by atoms with van der Waals surface area (Å²) >= 11 is 0. The van der Waals surface area contributed by atoms with Gasteiger partial charge in [-0.1, -0.05) is 48.5 Å². The average Bonchev–Trinajstić information content (AvgIpc) is 2.91. The van der Waals surface area contributed by atoms with Crippen LogP contribution in [0.3, 0.4) is 0 Å². The summed E-state index contributed by atoms with van der Waals surface area (Å²) in [5.41, 5.74) is 2.87. The molecule has 0 aliphatic carbocycles. The number of methoxy groups -OCH3 is 1. The monoisotopic (exact) mass is 537 g/mol. The van der Waals surface area contributed by atoms with E-state index in [2.05, 4.69) is 5.32 Å². The summed E-state index contributed by atoms with van der Waals surface area (Å²) in [6, 6.07) is 19.8. The normalized spacial score (nSPS) is 11.9. The number of hydrogen-bond donors (Lipinski definition) is 1. The van der Waals surface area contributed by atoms with Crippen molar-refractivity contribution in [2.75, 3.05) is 24.5 Å². The Balaban J connectivity index is 2.10. The van der Waals surface area contributed by atoms with E-state index in [-0.39, 0.29) is 23.0 Å². The molecule has 202 valence electrons. The second-order valence-electron chi connectivity index (χ2n) is 9.02. The molecule has 0 saturated carbocycles. The van der Waals surface area contributed by atoms with Crippen LogP contribution in [0.1, 0.15) is 30.5 Å². The van der Waals surface area contributed by atoms with E-state index in [9.17, 15) is 18.0 Å². The largest absolute Gasteiger partial charge is 0.495 e. The zero-order chi connectivity index (χ0) is 27.9. The first kappa shape index (κ1) is 28.7. The van der Waals surface area contributed by atoms with E-state index in [1.807, 2.05) is 38.1 Å². The van der Waals surface area contributed by atoms with Crippen LogP contribution < -0.4 is 14.4 Å². The molecule has 38 heavy (non-hydrogen) atoms. The van der Waals surface area contributed by atoms with Crippen molar-refractivity contribution in [1.29, 1.82) is 0 Å². The minimum atomic E-state index is -4.16. The van der Waals surface area contributed by atoms with Crippen molar-refractivity contribution in [3.63, 3.8) is 0 Å². The van der Waals surface area contributed by atoms with Crippen molar-refractivity contribution in [2.45, 2.75) is 45.2 Å². The molecule has 3 rings (SSSR count). The van der Waals surface area contributed by atoms with Gasteiger partial charge in [0.05, 0.1) is 17.7 Å². The number of benzene rings is 3. The van der Waals surface area contributed by atoms with E-state index < -0.39 is 28.5 Å². The highest BCUT2D eigenvalue weighted by Crippen LogP contribution is 2.33. The molecule has 0 fully saturated rings. The number of aryl methyl sites for hydroxylation is 2. The van der Waals surface area contributed by atoms with Crippen molar-refractivity contribution >= 4 is 27.5 Å². The summed E-state index contributed by atoms with van der Waals surface area (Å²) in [6.45, 7) is 7.24. The van der Waals surface area contributed by atoms with Gasteiger partial charge in [-0.25, -0.2) is 8.42 Å². The molecule has 0 aliphatic heterocycles. The number of ether oxygens (including phenoxy) is 1. The van der Waals surface area contributed by atoms with Gasteiger partial charge in [-0.05, 0) is 68.7 Å². The van der Waals surface area contributed by atoms with Crippen LogP contribution in [0.2, 0.25) is 0 Å². The topological polar surface area (TPSA) is 96.0 Å². The van der Waals surface area contributed by atoms with Gasteiger partial charge in [-0.15, -0.1) is 0 Å². The summed E-state index contributed by atoms with van der Waals surface area (Å²) in [6.07, 6.45) is 0. The minimum absolute atomic E-state index is 0.0404. The highest BCUT2D eigenvalue weighted by molar-refractivity contribution is 7.92. The zero-order valence-electron chi connectivity index (χ0n) is 22.5. The Morgan fingerprint density at radius 3 is 2.26 bits per heavy atom. The quantitative estimate of drug-likeness (QED) is 0.398. The van der Waals surface area contributed by atoms with Crippen molar-refractivity contribution in [3.8, 4) is 5.75 Å². The third kappa shape index (κ3) is 6.52. The lowest BCUT2D eigenvalue weighted by atomic mass is 10.1. The van der Waals surface area contributed by atoms with Gasteiger partial charge < -0.3 is 15.0 Å². The molecule has 1 atom stereocenters. The fourth-order valence-corrected chi connectivity index (χ4v) is 5.54. The third-order valence-electron chi connectivity index (χ3n) is 6.33. The Bertz CT molecular complexity index is 1380. The molecule has 0 heterocycles. The van der Waals surface area contributed by atoms with E-state index in [0.29, 0.717) is 12.3 Å². The van der Waals surface area contributed by atoms with Gasteiger partial charge in [-0.2, -0.15) is 0 Å². The van der Waals surface area contributed by atoms with Crippen LogP contribution in [-0.2, 0) is 26.2 Å². The van der Waals surface area contributed by atoms with Gasteiger partial charge >= 0.3 is 0 Å². The molecule has 9 heteroatoms. The molecule has 0 unspecified atom stereocenters. The number of amides is 2. The predicted octanol–water partition coefficient (Wildman–Crippen LogP) is 4.06. The number of sulfonamides is 1. The van der Waals surface area contributed by atoms with Crippen molar-refractivity contribution < 1.29 is 22.7 Å². The maximum Gasteiger partial charge on any atom is 0.264 e. The maximum atomic E-state index is 14.0. The van der Waals surface area contributed by atoms with Crippen LogP contribution in [0.5, 0.6) is 5.75 Å². The first-order valence-corrected chi connectivity index (χ1v) is 13.9. The van der Waals surface area contributed by atoms with E-state index in [1.54, 1.807) is 50.2 Å². The second kappa shape index (κ2) is 12.6. The fraction of sp³-hybridized carbons (Fsp3) is 0.310. The standard InChI is InChI=1S/C29H35N3O5S/c1-6-30-29(34)23(4)31(19-24-13-11-10-12-22(24)3)28(33)20-32(26-18-21(2)16-17-27(26)37-5)38(35,36)25-14-8-7-9-15-25/h7-18,23H,6,19-20H2,1-5H3,(H,30,34)/t23-/m1/s1. The molecular weight excluding hydrogens is 502 g/mol. The van der Waals surface area contributed by atoms with Crippen LogP contribution in [0.4, 0.5) is 5.69 Å². The average molecular weight is 538 g/mol. The Kier molecular flexibility index (Phi) is 9.52. The molecule has 8 nitrogen and oxygen atoms in total. The molecule has 0 aliphatic rings. The lowest BCUT2D eigenvalue weighted by Gasteiger charge is -2.32. The van der Waals surface area contributed by atoms with Gasteiger partial charge in [0.1, 0.15) is 18.3 Å². The molecule has 0 spiro atoms. The number of hydrogen-bond acceptors (Lipinski definition) is 5. The van der Waals surface area contributed by atoms with Gasteiger partial charge in [0, 0.05) is 13.1 Å². The van der Waals surface area contributed by atoms with Gasteiger partial charge in [0.15, 0.2) is 0 Å². The lowest BCUT2D eigenvalue weighted by Crippen LogP contribution is -2.51. The number of rotatable bonds is 11. The van der Waals surface area contributed by atoms with E-state index in [4.69, 9.17) is 4.74 Å². The van der Waals surface area contributed by atoms with Gasteiger partial charge in [0.2, 0.25) is 11.8 Å². The summed E-state index contributed by atoms with van der Waals surface area (Å²) in [7, 11) is -2.71. The molecular formula is C29H35N3O5S. The molecule has 1 N–H and O–H groups in total. The molecule has 0 aromatic heterocycles. The maximum absolute atomic E-state index is 14.0. The molecule has 0 radical (unpaired) electrons. The van der Waals surface area contributed by atoms with Crippen molar-refractivity contribution in [1.82, 2.24) is 10.2 Å². The Labute approximate surface area is 225 Å². The van der Waals surface area contributed by atoms with E-state index in [1.165, 1.54) is 24.1 Å². The Hall–Kier alpha value is -3.85. The Morgan fingerprint density at radius 2 is 1.63 bits per heavy atom. The number of carbonyl (C=O) groups excluding carboxylic acids is 2. The summed E-state index contributed by atoms with van der Waals surface area (Å²) < 4.78 is 34.4. The summed E-state index contributed by atoms with van der Waals surface area (Å²) in [5.74, 6) is -0.528. The Morgan fingerprint density at radius 1 is 0.974 bits per heavy atom. The number of nitrogens with zero attached hydrogens (tertiary/aromatic N) is 2. The highest BCUT2D eigenvalue weighted by atomic mass is 32.2. The zero-order valence-corrected chi connectivity index (χ0v) is 23.3. The number of likely N-dealkylation sites (N-methyl/N-ethyl adjacent to an activating group) is 1. The van der Waals surface area contributed by atoms with Crippen LogP contribution in [0, 0.1) is 13.8 Å². The van der Waals surface area contributed by atoms with E-state index >= 15 is 0 Å². The van der Waals surface area contributed by atoms with E-state index in [0.717, 1.165) is 21.0 Å². The minimum Gasteiger partial charge on any atom is -0.495 e. The molecule has 3 aromatic rings. The van der Waals surface area contributed by atoms with Gasteiger partial charge in [0.25, 0.3) is 10.0 Å². The van der Waals surface area contributed by atoms with Crippen molar-refractivity contribution in [2.24, 2.45) is 0 Å². The number of carbonyl (C=O) groups is 2. The lowest BCUT2D eigenvalue weighted by molar-refractivity contribution is -0.139. The summed E-state index contributed by atoms with van der Waals surface area (Å²) in [5, 5.41) is 2.76. The smallest absolute Gasteiger partial charge is 0.264 e.